The van der Waals surface area contributed by atoms with E-state index in [-0.39, 0.29) is 0 Å². The highest BCUT2D eigenvalue weighted by molar-refractivity contribution is 5.63. The van der Waals surface area contributed by atoms with Crippen LogP contribution < -0.4 is 0 Å². The zero-order valence-electron chi connectivity index (χ0n) is 18.7. The van der Waals surface area contributed by atoms with Gasteiger partial charge >= 0.3 is 0 Å². The maximum Gasteiger partial charge on any atom is 0.0721 e. The molecule has 1 saturated carbocycles. The molecule has 0 saturated heterocycles. The Morgan fingerprint density at radius 3 is 2.10 bits per heavy atom. The van der Waals surface area contributed by atoms with Gasteiger partial charge in [-0.05, 0) is 79.5 Å². The quantitative estimate of drug-likeness (QED) is 0.272. The third-order valence-electron chi connectivity index (χ3n) is 6.43. The van der Waals surface area contributed by atoms with Crippen molar-refractivity contribution in [2.75, 3.05) is 6.61 Å². The summed E-state index contributed by atoms with van der Waals surface area (Å²) in [5, 5.41) is 0. The molecule has 0 aliphatic heterocycles. The number of allylic oxidation sites excluding steroid dienone is 2. The maximum absolute atomic E-state index is 5.51. The van der Waals surface area contributed by atoms with Crippen molar-refractivity contribution in [3.05, 3.63) is 84.5 Å². The largest absolute Gasteiger partial charge is 0.373 e. The van der Waals surface area contributed by atoms with Gasteiger partial charge in [-0.25, -0.2) is 0 Å². The van der Waals surface area contributed by atoms with Gasteiger partial charge in [0.05, 0.1) is 13.2 Å². The van der Waals surface area contributed by atoms with E-state index in [9.17, 15) is 0 Å². The highest BCUT2D eigenvalue weighted by atomic mass is 16.5. The molecule has 0 aromatic heterocycles. The molecule has 1 aliphatic carbocycles. The zero-order chi connectivity index (χ0) is 21.0. The van der Waals surface area contributed by atoms with Crippen LogP contribution in [0.25, 0.3) is 11.1 Å². The van der Waals surface area contributed by atoms with Gasteiger partial charge in [0.15, 0.2) is 0 Å². The first-order valence-corrected chi connectivity index (χ1v) is 11.8. The van der Waals surface area contributed by atoms with Crippen LogP contribution in [-0.2, 0) is 17.8 Å². The van der Waals surface area contributed by atoms with Crippen molar-refractivity contribution in [2.45, 2.75) is 64.9 Å². The fraction of sp³-hybridized carbons (Fsp3) is 0.448. The standard InChI is InChI=1S/C29H38O/c1-3-7-24-10-12-25(13-11-24)8-5-6-9-26-14-18-28(19-15-26)29-20-16-27(17-21-29)23-30-22-4-2/h3-4,7,14-21,24-25H,2,5-6,8-13,22-23H2,1H3/b7-3-/t24-,25-. The van der Waals surface area contributed by atoms with Crippen LogP contribution in [0.3, 0.4) is 0 Å². The molecule has 0 radical (unpaired) electrons. The van der Waals surface area contributed by atoms with Gasteiger partial charge in [-0.2, -0.15) is 0 Å². The Kier molecular flexibility index (Phi) is 9.44. The monoisotopic (exact) mass is 402 g/mol. The number of hydrogen-bond acceptors (Lipinski definition) is 1. The second kappa shape index (κ2) is 12.5. The second-order valence-corrected chi connectivity index (χ2v) is 8.75. The van der Waals surface area contributed by atoms with Crippen molar-refractivity contribution in [1.29, 1.82) is 0 Å². The lowest BCUT2D eigenvalue weighted by atomic mass is 9.79. The van der Waals surface area contributed by atoms with E-state index in [2.05, 4.69) is 74.2 Å². The molecule has 1 heteroatoms. The lowest BCUT2D eigenvalue weighted by molar-refractivity contribution is 0.149. The lowest BCUT2D eigenvalue weighted by Gasteiger charge is -2.26. The SMILES string of the molecule is C=CCOCc1ccc(-c2ccc(CCCC[C@H]3CC[C@H](/C=C\C)CC3)cc2)cc1. The summed E-state index contributed by atoms with van der Waals surface area (Å²) in [6, 6.07) is 17.8. The van der Waals surface area contributed by atoms with Crippen molar-refractivity contribution in [3.8, 4) is 11.1 Å². The van der Waals surface area contributed by atoms with E-state index in [4.69, 9.17) is 4.74 Å². The summed E-state index contributed by atoms with van der Waals surface area (Å²) in [5.74, 6) is 1.82. The van der Waals surface area contributed by atoms with Crippen LogP contribution in [0.2, 0.25) is 0 Å². The van der Waals surface area contributed by atoms with Gasteiger partial charge in [-0.1, -0.05) is 79.6 Å². The fourth-order valence-electron chi connectivity index (χ4n) is 4.62. The fourth-order valence-corrected chi connectivity index (χ4v) is 4.62. The molecule has 0 spiro atoms. The first-order valence-electron chi connectivity index (χ1n) is 11.8. The van der Waals surface area contributed by atoms with Crippen LogP contribution in [0.5, 0.6) is 0 Å². The molecular weight excluding hydrogens is 364 g/mol. The van der Waals surface area contributed by atoms with Crippen molar-refractivity contribution in [1.82, 2.24) is 0 Å². The van der Waals surface area contributed by atoms with Gasteiger partial charge in [0.25, 0.3) is 0 Å². The Labute approximate surface area is 183 Å². The van der Waals surface area contributed by atoms with Crippen LogP contribution in [0, 0.1) is 11.8 Å². The number of aryl methyl sites for hydroxylation is 1. The predicted octanol–water partition coefficient (Wildman–Crippen LogP) is 8.15. The summed E-state index contributed by atoms with van der Waals surface area (Å²) in [5.41, 5.74) is 5.22. The molecule has 1 aliphatic rings. The zero-order valence-corrected chi connectivity index (χ0v) is 18.7. The second-order valence-electron chi connectivity index (χ2n) is 8.75. The Balaban J connectivity index is 1.38. The van der Waals surface area contributed by atoms with E-state index in [1.165, 1.54) is 73.6 Å². The third kappa shape index (κ3) is 7.29. The van der Waals surface area contributed by atoms with Crippen LogP contribution in [0.4, 0.5) is 0 Å². The van der Waals surface area contributed by atoms with Crippen LogP contribution in [-0.4, -0.2) is 6.61 Å². The van der Waals surface area contributed by atoms with Crippen molar-refractivity contribution in [2.24, 2.45) is 11.8 Å². The van der Waals surface area contributed by atoms with Crippen molar-refractivity contribution < 1.29 is 4.74 Å². The molecule has 3 rings (SSSR count). The molecule has 0 heterocycles. The van der Waals surface area contributed by atoms with Gasteiger partial charge in [0.1, 0.15) is 0 Å². The molecule has 0 bridgehead atoms. The highest BCUT2D eigenvalue weighted by Gasteiger charge is 2.18. The Hall–Kier alpha value is -2.12. The number of benzene rings is 2. The van der Waals surface area contributed by atoms with Crippen LogP contribution >= 0.6 is 0 Å². The molecule has 1 fully saturated rings. The van der Waals surface area contributed by atoms with E-state index >= 15 is 0 Å². The summed E-state index contributed by atoms with van der Waals surface area (Å²) in [4.78, 5) is 0. The normalized spacial score (nSPS) is 19.2. The molecule has 0 atom stereocenters. The van der Waals surface area contributed by atoms with Gasteiger partial charge in [-0.15, -0.1) is 6.58 Å². The molecule has 0 N–H and O–H groups in total. The smallest absolute Gasteiger partial charge is 0.0721 e. The first kappa shape index (κ1) is 22.6. The van der Waals surface area contributed by atoms with E-state index < -0.39 is 0 Å². The topological polar surface area (TPSA) is 9.23 Å². The molecular formula is C29H38O. The number of ether oxygens (including phenoxy) is 1. The summed E-state index contributed by atoms with van der Waals surface area (Å²) >= 11 is 0. The average Bonchev–Trinajstić information content (AvgIpc) is 2.79. The van der Waals surface area contributed by atoms with E-state index in [0.29, 0.717) is 13.2 Å². The molecule has 1 nitrogen and oxygen atoms in total. The summed E-state index contributed by atoms with van der Waals surface area (Å²) in [6.07, 6.45) is 17.4. The average molecular weight is 403 g/mol. The van der Waals surface area contributed by atoms with Gasteiger partial charge in [-0.3, -0.25) is 0 Å². The molecule has 30 heavy (non-hydrogen) atoms. The Bertz CT molecular complexity index is 761. The highest BCUT2D eigenvalue weighted by Crippen LogP contribution is 2.32. The van der Waals surface area contributed by atoms with Crippen LogP contribution in [0.15, 0.2) is 73.3 Å². The molecule has 2 aromatic carbocycles. The maximum atomic E-state index is 5.51. The molecule has 0 unspecified atom stereocenters. The minimum absolute atomic E-state index is 0.598. The number of unbranched alkanes of at least 4 members (excludes halogenated alkanes) is 1. The Morgan fingerprint density at radius 2 is 1.50 bits per heavy atom. The van der Waals surface area contributed by atoms with E-state index in [1.54, 1.807) is 6.08 Å². The predicted molar refractivity (Wildman–Crippen MR) is 130 cm³/mol. The summed E-state index contributed by atoms with van der Waals surface area (Å²) in [6.45, 7) is 7.07. The van der Waals surface area contributed by atoms with Crippen molar-refractivity contribution >= 4 is 0 Å². The van der Waals surface area contributed by atoms with Crippen LogP contribution in [0.1, 0.15) is 63.0 Å². The summed E-state index contributed by atoms with van der Waals surface area (Å²) < 4.78 is 5.51. The first-order chi connectivity index (χ1) is 14.8. The van der Waals surface area contributed by atoms with E-state index in [1.807, 2.05) is 0 Å². The lowest BCUT2D eigenvalue weighted by Crippen LogP contribution is -2.13. The molecule has 160 valence electrons. The van der Waals surface area contributed by atoms with Gasteiger partial charge in [0.2, 0.25) is 0 Å². The van der Waals surface area contributed by atoms with Gasteiger partial charge in [0, 0.05) is 0 Å². The summed E-state index contributed by atoms with van der Waals surface area (Å²) in [7, 11) is 0. The number of rotatable bonds is 11. The minimum Gasteiger partial charge on any atom is -0.373 e. The Morgan fingerprint density at radius 1 is 0.867 bits per heavy atom. The minimum atomic E-state index is 0.598. The van der Waals surface area contributed by atoms with Crippen molar-refractivity contribution in [3.63, 3.8) is 0 Å². The number of hydrogen-bond donors (Lipinski definition) is 0. The van der Waals surface area contributed by atoms with Gasteiger partial charge < -0.3 is 4.74 Å². The molecule has 0 amide bonds. The molecule has 2 aromatic rings. The third-order valence-corrected chi connectivity index (χ3v) is 6.43. The van der Waals surface area contributed by atoms with E-state index in [0.717, 1.165) is 11.8 Å².